The fourth-order valence-electron chi connectivity index (χ4n) is 1.50. The van der Waals surface area contributed by atoms with Gasteiger partial charge in [0.1, 0.15) is 11.6 Å². The Morgan fingerprint density at radius 3 is 2.69 bits per heavy atom. The predicted octanol–water partition coefficient (Wildman–Crippen LogP) is 1.90. The first-order chi connectivity index (χ1) is 7.59. The van der Waals surface area contributed by atoms with Crippen molar-refractivity contribution in [1.82, 2.24) is 15.2 Å². The number of H-pyrrole nitrogens is 1. The summed E-state index contributed by atoms with van der Waals surface area (Å²) in [5.74, 6) is 1.54. The Hall–Kier alpha value is -2.04. The Bertz CT molecular complexity index is 506. The van der Waals surface area contributed by atoms with Crippen LogP contribution in [-0.2, 0) is 0 Å². The standard InChI is InChI=1S/C11H14N4O/c1-7-5-4-6-9(10(7)16)15(3)11-12-8(2)13-14-11/h4-6,16H,1-3H3,(H,12,13,14). The molecular weight excluding hydrogens is 204 g/mol. The summed E-state index contributed by atoms with van der Waals surface area (Å²) in [6, 6.07) is 5.57. The Labute approximate surface area is 93.8 Å². The van der Waals surface area contributed by atoms with Gasteiger partial charge in [0.05, 0.1) is 5.69 Å². The van der Waals surface area contributed by atoms with E-state index in [2.05, 4.69) is 15.2 Å². The van der Waals surface area contributed by atoms with Gasteiger partial charge in [0.15, 0.2) is 0 Å². The average Bonchev–Trinajstić information content (AvgIpc) is 2.68. The molecule has 84 valence electrons. The molecule has 5 heteroatoms. The lowest BCUT2D eigenvalue weighted by Crippen LogP contribution is -2.11. The van der Waals surface area contributed by atoms with Crippen molar-refractivity contribution in [3.8, 4) is 5.75 Å². The molecule has 0 saturated heterocycles. The van der Waals surface area contributed by atoms with E-state index in [9.17, 15) is 5.11 Å². The maximum atomic E-state index is 9.93. The van der Waals surface area contributed by atoms with Gasteiger partial charge in [-0.3, -0.25) is 5.10 Å². The number of aromatic nitrogens is 3. The van der Waals surface area contributed by atoms with Crippen molar-refractivity contribution in [3.05, 3.63) is 29.6 Å². The van der Waals surface area contributed by atoms with Gasteiger partial charge in [-0.15, -0.1) is 5.10 Å². The maximum absolute atomic E-state index is 9.93. The average molecular weight is 218 g/mol. The van der Waals surface area contributed by atoms with Gasteiger partial charge >= 0.3 is 0 Å². The Morgan fingerprint density at radius 1 is 1.31 bits per heavy atom. The normalized spacial score (nSPS) is 10.4. The number of anilines is 2. The molecule has 0 bridgehead atoms. The van der Waals surface area contributed by atoms with Crippen molar-refractivity contribution in [2.24, 2.45) is 0 Å². The molecule has 1 aromatic carbocycles. The summed E-state index contributed by atoms with van der Waals surface area (Å²) in [5, 5.41) is 16.7. The van der Waals surface area contributed by atoms with Gasteiger partial charge in [0.25, 0.3) is 0 Å². The molecule has 0 spiro atoms. The summed E-state index contributed by atoms with van der Waals surface area (Å²) >= 11 is 0. The zero-order valence-corrected chi connectivity index (χ0v) is 9.52. The van der Waals surface area contributed by atoms with Crippen LogP contribution in [0, 0.1) is 13.8 Å². The van der Waals surface area contributed by atoms with E-state index in [-0.39, 0.29) is 5.75 Å². The minimum absolute atomic E-state index is 0.257. The molecule has 2 aromatic rings. The number of rotatable bonds is 2. The number of aryl methyl sites for hydroxylation is 2. The molecule has 16 heavy (non-hydrogen) atoms. The second kappa shape index (κ2) is 3.84. The molecule has 0 aliphatic carbocycles. The van der Waals surface area contributed by atoms with Gasteiger partial charge in [-0.2, -0.15) is 4.98 Å². The van der Waals surface area contributed by atoms with Gasteiger partial charge < -0.3 is 10.0 Å². The lowest BCUT2D eigenvalue weighted by Gasteiger charge is -2.17. The Balaban J connectivity index is 2.41. The van der Waals surface area contributed by atoms with Gasteiger partial charge in [0.2, 0.25) is 5.95 Å². The molecule has 0 radical (unpaired) electrons. The minimum Gasteiger partial charge on any atom is -0.505 e. The highest BCUT2D eigenvalue weighted by Crippen LogP contribution is 2.32. The Kier molecular flexibility index (Phi) is 2.52. The highest BCUT2D eigenvalue weighted by Gasteiger charge is 2.13. The lowest BCUT2D eigenvalue weighted by molar-refractivity contribution is 0.472. The van der Waals surface area contributed by atoms with E-state index in [0.29, 0.717) is 11.6 Å². The zero-order valence-electron chi connectivity index (χ0n) is 9.52. The molecule has 0 amide bonds. The van der Waals surface area contributed by atoms with Crippen LogP contribution in [0.25, 0.3) is 0 Å². The van der Waals surface area contributed by atoms with E-state index in [1.54, 1.807) is 4.90 Å². The van der Waals surface area contributed by atoms with Gasteiger partial charge in [-0.25, -0.2) is 0 Å². The van der Waals surface area contributed by atoms with Crippen LogP contribution in [0.3, 0.4) is 0 Å². The van der Waals surface area contributed by atoms with Crippen molar-refractivity contribution in [3.63, 3.8) is 0 Å². The minimum atomic E-state index is 0.257. The van der Waals surface area contributed by atoms with E-state index in [0.717, 1.165) is 11.4 Å². The number of phenols is 1. The van der Waals surface area contributed by atoms with Crippen LogP contribution in [0.1, 0.15) is 11.4 Å². The van der Waals surface area contributed by atoms with E-state index in [4.69, 9.17) is 0 Å². The molecule has 5 nitrogen and oxygen atoms in total. The van der Waals surface area contributed by atoms with Crippen LogP contribution in [0.2, 0.25) is 0 Å². The van der Waals surface area contributed by atoms with Gasteiger partial charge in [-0.1, -0.05) is 12.1 Å². The van der Waals surface area contributed by atoms with E-state index < -0.39 is 0 Å². The molecule has 0 atom stereocenters. The summed E-state index contributed by atoms with van der Waals surface area (Å²) < 4.78 is 0. The van der Waals surface area contributed by atoms with E-state index in [1.165, 1.54) is 0 Å². The molecule has 0 saturated carbocycles. The zero-order chi connectivity index (χ0) is 11.7. The van der Waals surface area contributed by atoms with E-state index in [1.807, 2.05) is 39.1 Å². The second-order valence-electron chi connectivity index (χ2n) is 3.72. The number of phenolic OH excluding ortho intramolecular Hbond substituents is 1. The number of aromatic hydroxyl groups is 1. The molecule has 1 heterocycles. The molecule has 0 aliphatic heterocycles. The smallest absolute Gasteiger partial charge is 0.249 e. The third kappa shape index (κ3) is 1.71. The first-order valence-corrected chi connectivity index (χ1v) is 5.01. The molecule has 1 aromatic heterocycles. The van der Waals surface area contributed by atoms with Crippen LogP contribution in [-0.4, -0.2) is 27.3 Å². The monoisotopic (exact) mass is 218 g/mol. The SMILES string of the molecule is Cc1nc(N(C)c2cccc(C)c2O)n[nH]1. The number of nitrogens with zero attached hydrogens (tertiary/aromatic N) is 3. The number of hydrogen-bond acceptors (Lipinski definition) is 4. The first-order valence-electron chi connectivity index (χ1n) is 5.01. The molecular formula is C11H14N4O. The van der Waals surface area contributed by atoms with Crippen molar-refractivity contribution < 1.29 is 5.11 Å². The summed E-state index contributed by atoms with van der Waals surface area (Å²) in [4.78, 5) is 5.95. The summed E-state index contributed by atoms with van der Waals surface area (Å²) in [6.07, 6.45) is 0. The number of para-hydroxylation sites is 1. The summed E-state index contributed by atoms with van der Waals surface area (Å²) in [5.41, 5.74) is 1.52. The van der Waals surface area contributed by atoms with Crippen LogP contribution in [0.5, 0.6) is 5.75 Å². The van der Waals surface area contributed by atoms with Crippen molar-refractivity contribution in [2.45, 2.75) is 13.8 Å². The largest absolute Gasteiger partial charge is 0.505 e. The van der Waals surface area contributed by atoms with Crippen LogP contribution >= 0.6 is 0 Å². The van der Waals surface area contributed by atoms with Gasteiger partial charge in [0, 0.05) is 7.05 Å². The number of benzene rings is 1. The highest BCUT2D eigenvalue weighted by atomic mass is 16.3. The van der Waals surface area contributed by atoms with Crippen molar-refractivity contribution in [2.75, 3.05) is 11.9 Å². The van der Waals surface area contributed by atoms with Crippen LogP contribution < -0.4 is 4.90 Å². The Morgan fingerprint density at radius 2 is 2.06 bits per heavy atom. The molecule has 0 fully saturated rings. The van der Waals surface area contributed by atoms with Crippen LogP contribution in [0.15, 0.2) is 18.2 Å². The fourth-order valence-corrected chi connectivity index (χ4v) is 1.50. The van der Waals surface area contributed by atoms with Crippen molar-refractivity contribution in [1.29, 1.82) is 0 Å². The third-order valence-electron chi connectivity index (χ3n) is 2.46. The first kappa shape index (κ1) is 10.5. The highest BCUT2D eigenvalue weighted by molar-refractivity contribution is 5.66. The second-order valence-corrected chi connectivity index (χ2v) is 3.72. The molecule has 0 aliphatic rings. The number of nitrogens with one attached hydrogen (secondary N) is 1. The topological polar surface area (TPSA) is 65.0 Å². The lowest BCUT2D eigenvalue weighted by atomic mass is 10.2. The molecule has 2 N–H and O–H groups in total. The number of aromatic amines is 1. The predicted molar refractivity (Wildman–Crippen MR) is 62.0 cm³/mol. The maximum Gasteiger partial charge on any atom is 0.249 e. The summed E-state index contributed by atoms with van der Waals surface area (Å²) in [7, 11) is 1.82. The third-order valence-corrected chi connectivity index (χ3v) is 2.46. The van der Waals surface area contributed by atoms with Crippen LogP contribution in [0.4, 0.5) is 11.6 Å². The molecule has 2 rings (SSSR count). The number of hydrogen-bond donors (Lipinski definition) is 2. The van der Waals surface area contributed by atoms with Gasteiger partial charge in [-0.05, 0) is 25.5 Å². The summed E-state index contributed by atoms with van der Waals surface area (Å²) in [6.45, 7) is 3.69. The fraction of sp³-hybridized carbons (Fsp3) is 0.273. The quantitative estimate of drug-likeness (QED) is 0.808. The van der Waals surface area contributed by atoms with Crippen molar-refractivity contribution >= 4 is 11.6 Å². The molecule has 0 unspecified atom stereocenters. The van der Waals surface area contributed by atoms with E-state index >= 15 is 0 Å².